The molecule has 0 aromatic carbocycles. The Morgan fingerprint density at radius 2 is 2.00 bits per heavy atom. The van der Waals surface area contributed by atoms with Crippen LogP contribution in [0.5, 0.6) is 0 Å². The topological polar surface area (TPSA) is 34.1 Å². The minimum atomic E-state index is -0.550. The van der Waals surface area contributed by atoms with Gasteiger partial charge in [0.15, 0.2) is 5.12 Å². The Labute approximate surface area is 59.0 Å². The molecular weight excluding hydrogens is 136 g/mol. The highest BCUT2D eigenvalue weighted by atomic mass is 32.2. The van der Waals surface area contributed by atoms with Gasteiger partial charge in [0.1, 0.15) is 6.29 Å². The maximum atomic E-state index is 10.4. The third-order valence-electron chi connectivity index (χ3n) is 0.691. The fourth-order valence-corrected chi connectivity index (χ4v) is 1.18. The second-order valence-corrected chi connectivity index (χ2v) is 4.15. The van der Waals surface area contributed by atoms with Crippen molar-refractivity contribution in [1.82, 2.24) is 0 Å². The average molecular weight is 146 g/mol. The minimum absolute atomic E-state index is 0.0212. The van der Waals surface area contributed by atoms with Gasteiger partial charge in [0.05, 0.1) is 4.75 Å². The maximum Gasteiger partial charge on any atom is 0.186 e. The third kappa shape index (κ3) is 4.21. The first kappa shape index (κ1) is 8.69. The van der Waals surface area contributed by atoms with Gasteiger partial charge in [0.2, 0.25) is 0 Å². The van der Waals surface area contributed by atoms with Crippen LogP contribution in [0, 0.1) is 0 Å². The SMILES string of the molecule is CC(=O)SC(C)(C)C=O. The molecule has 0 atom stereocenters. The number of carbonyl (C=O) groups excluding carboxylic acids is 2. The van der Waals surface area contributed by atoms with Crippen molar-refractivity contribution in [1.29, 1.82) is 0 Å². The molecule has 3 heteroatoms. The average Bonchev–Trinajstić information content (AvgIpc) is 1.63. The summed E-state index contributed by atoms with van der Waals surface area (Å²) in [5.74, 6) is 0. The molecule has 0 bridgehead atoms. The lowest BCUT2D eigenvalue weighted by atomic mass is 10.2. The molecule has 0 unspecified atom stereocenters. The number of carbonyl (C=O) groups is 2. The Hall–Kier alpha value is -0.310. The lowest BCUT2D eigenvalue weighted by Crippen LogP contribution is -2.17. The van der Waals surface area contributed by atoms with Crippen LogP contribution in [0.4, 0.5) is 0 Å². The number of hydrogen-bond acceptors (Lipinski definition) is 3. The molecule has 0 fully saturated rings. The molecule has 0 saturated heterocycles. The highest BCUT2D eigenvalue weighted by Gasteiger charge is 2.18. The summed E-state index contributed by atoms with van der Waals surface area (Å²) in [4.78, 5) is 20.6. The van der Waals surface area contributed by atoms with E-state index in [2.05, 4.69) is 0 Å². The minimum Gasteiger partial charge on any atom is -0.302 e. The summed E-state index contributed by atoms with van der Waals surface area (Å²) >= 11 is 1.05. The fourth-order valence-electron chi connectivity index (χ4n) is 0.394. The maximum absolute atomic E-state index is 10.4. The highest BCUT2D eigenvalue weighted by Crippen LogP contribution is 2.21. The number of aldehydes is 1. The van der Waals surface area contributed by atoms with Gasteiger partial charge in [-0.1, -0.05) is 11.8 Å². The predicted molar refractivity (Wildman–Crippen MR) is 38.4 cm³/mol. The molecule has 0 rings (SSSR count). The molecule has 0 saturated carbocycles. The van der Waals surface area contributed by atoms with Crippen molar-refractivity contribution >= 4 is 23.2 Å². The highest BCUT2D eigenvalue weighted by molar-refractivity contribution is 8.15. The van der Waals surface area contributed by atoms with Crippen molar-refractivity contribution in [3.8, 4) is 0 Å². The van der Waals surface area contributed by atoms with Crippen LogP contribution in [0.2, 0.25) is 0 Å². The van der Waals surface area contributed by atoms with Crippen molar-refractivity contribution in [2.24, 2.45) is 0 Å². The standard InChI is InChI=1S/C6H10O2S/c1-5(8)9-6(2,3)4-7/h4H,1-3H3. The van der Waals surface area contributed by atoms with Crippen molar-refractivity contribution in [2.45, 2.75) is 25.5 Å². The lowest BCUT2D eigenvalue weighted by Gasteiger charge is -2.11. The molecule has 0 aromatic heterocycles. The zero-order chi connectivity index (χ0) is 7.49. The van der Waals surface area contributed by atoms with Gasteiger partial charge < -0.3 is 4.79 Å². The van der Waals surface area contributed by atoms with E-state index in [-0.39, 0.29) is 5.12 Å². The van der Waals surface area contributed by atoms with Crippen LogP contribution >= 0.6 is 11.8 Å². The monoisotopic (exact) mass is 146 g/mol. The molecule has 0 N–H and O–H groups in total. The van der Waals surface area contributed by atoms with E-state index >= 15 is 0 Å². The Morgan fingerprint density at radius 3 is 2.11 bits per heavy atom. The molecule has 0 aliphatic heterocycles. The summed E-state index contributed by atoms with van der Waals surface area (Å²) in [6.45, 7) is 4.88. The molecule has 0 amide bonds. The number of thioether (sulfide) groups is 1. The van der Waals surface area contributed by atoms with E-state index < -0.39 is 4.75 Å². The molecule has 0 spiro atoms. The fraction of sp³-hybridized carbons (Fsp3) is 0.667. The number of rotatable bonds is 2. The van der Waals surface area contributed by atoms with Crippen molar-refractivity contribution in [2.75, 3.05) is 0 Å². The van der Waals surface area contributed by atoms with Crippen LogP contribution in [-0.2, 0) is 9.59 Å². The van der Waals surface area contributed by atoms with E-state index in [1.165, 1.54) is 6.92 Å². The van der Waals surface area contributed by atoms with Crippen molar-refractivity contribution in [3.05, 3.63) is 0 Å². The smallest absolute Gasteiger partial charge is 0.186 e. The molecular formula is C6H10O2S. The van der Waals surface area contributed by atoms with E-state index in [0.717, 1.165) is 18.0 Å². The molecule has 0 aliphatic rings. The van der Waals surface area contributed by atoms with Gasteiger partial charge in [-0.3, -0.25) is 4.79 Å². The molecule has 9 heavy (non-hydrogen) atoms. The van der Waals surface area contributed by atoms with E-state index in [9.17, 15) is 9.59 Å². The van der Waals surface area contributed by atoms with Gasteiger partial charge in [0.25, 0.3) is 0 Å². The van der Waals surface area contributed by atoms with E-state index in [0.29, 0.717) is 0 Å². The van der Waals surface area contributed by atoms with Crippen LogP contribution in [0.15, 0.2) is 0 Å². The van der Waals surface area contributed by atoms with Crippen LogP contribution in [0.1, 0.15) is 20.8 Å². The molecule has 2 nitrogen and oxygen atoms in total. The molecule has 0 radical (unpaired) electrons. The van der Waals surface area contributed by atoms with E-state index in [1.54, 1.807) is 13.8 Å². The predicted octanol–water partition coefficient (Wildman–Crippen LogP) is 1.24. The molecule has 52 valence electrons. The van der Waals surface area contributed by atoms with E-state index in [1.807, 2.05) is 0 Å². The van der Waals surface area contributed by atoms with Gasteiger partial charge in [-0.2, -0.15) is 0 Å². The van der Waals surface area contributed by atoms with Crippen molar-refractivity contribution in [3.63, 3.8) is 0 Å². The normalized spacial score (nSPS) is 11.0. The second kappa shape index (κ2) is 3.01. The Kier molecular flexibility index (Phi) is 2.91. The van der Waals surface area contributed by atoms with Gasteiger partial charge in [0, 0.05) is 6.92 Å². The number of hydrogen-bond donors (Lipinski definition) is 0. The quantitative estimate of drug-likeness (QED) is 0.550. The van der Waals surface area contributed by atoms with Crippen LogP contribution in [-0.4, -0.2) is 16.1 Å². The Balaban J connectivity index is 3.86. The van der Waals surface area contributed by atoms with Gasteiger partial charge in [-0.25, -0.2) is 0 Å². The zero-order valence-electron chi connectivity index (χ0n) is 5.80. The zero-order valence-corrected chi connectivity index (χ0v) is 6.62. The first-order valence-electron chi connectivity index (χ1n) is 2.64. The van der Waals surface area contributed by atoms with Crippen LogP contribution < -0.4 is 0 Å². The van der Waals surface area contributed by atoms with Crippen molar-refractivity contribution < 1.29 is 9.59 Å². The summed E-state index contributed by atoms with van der Waals surface area (Å²) in [7, 11) is 0. The Bertz CT molecular complexity index is 129. The van der Waals surface area contributed by atoms with Gasteiger partial charge >= 0.3 is 0 Å². The summed E-state index contributed by atoms with van der Waals surface area (Å²) < 4.78 is -0.550. The molecule has 0 aliphatic carbocycles. The van der Waals surface area contributed by atoms with Crippen LogP contribution in [0.25, 0.3) is 0 Å². The summed E-state index contributed by atoms with van der Waals surface area (Å²) in [5, 5.41) is -0.0212. The first-order chi connectivity index (χ1) is 3.98. The second-order valence-electron chi connectivity index (χ2n) is 2.31. The first-order valence-corrected chi connectivity index (χ1v) is 3.45. The summed E-state index contributed by atoms with van der Waals surface area (Å²) in [6.07, 6.45) is 0.777. The third-order valence-corrected chi connectivity index (χ3v) is 1.60. The molecule has 0 heterocycles. The van der Waals surface area contributed by atoms with Gasteiger partial charge in [-0.15, -0.1) is 0 Å². The Morgan fingerprint density at radius 1 is 1.56 bits per heavy atom. The largest absolute Gasteiger partial charge is 0.302 e. The van der Waals surface area contributed by atoms with Crippen LogP contribution in [0.3, 0.4) is 0 Å². The lowest BCUT2D eigenvalue weighted by molar-refractivity contribution is -0.111. The molecule has 0 aromatic rings. The summed E-state index contributed by atoms with van der Waals surface area (Å²) in [6, 6.07) is 0. The summed E-state index contributed by atoms with van der Waals surface area (Å²) in [5.41, 5.74) is 0. The van der Waals surface area contributed by atoms with Gasteiger partial charge in [-0.05, 0) is 13.8 Å². The van der Waals surface area contributed by atoms with E-state index in [4.69, 9.17) is 0 Å².